The minimum absolute atomic E-state index is 0. The molecule has 0 spiro atoms. The SMILES string of the molecule is Clc1ccc2nc(-c3ccc4c(c3)OCCO4)cc(-c3ccccc3Cl)c2c1.[Cl-]. The van der Waals surface area contributed by atoms with Gasteiger partial charge in [-0.2, -0.15) is 0 Å². The zero-order valence-corrected chi connectivity index (χ0v) is 17.4. The number of halogens is 3. The first-order valence-electron chi connectivity index (χ1n) is 8.94. The van der Waals surface area contributed by atoms with Crippen LogP contribution in [0.4, 0.5) is 0 Å². The van der Waals surface area contributed by atoms with Crippen LogP contribution in [0.1, 0.15) is 0 Å². The molecule has 1 aromatic heterocycles. The van der Waals surface area contributed by atoms with Crippen LogP contribution in [0.15, 0.2) is 66.7 Å². The molecule has 0 N–H and O–H groups in total. The fraction of sp³-hybridized carbons (Fsp3) is 0.0870. The van der Waals surface area contributed by atoms with Gasteiger partial charge in [-0.05, 0) is 54.1 Å². The second kappa shape index (κ2) is 8.11. The molecule has 1 aliphatic rings. The highest BCUT2D eigenvalue weighted by atomic mass is 35.5. The molecule has 4 aromatic rings. The number of fused-ring (bicyclic) bond motifs is 2. The fourth-order valence-electron chi connectivity index (χ4n) is 3.45. The number of ether oxygens (including phenoxy) is 2. The number of aromatic nitrogens is 1. The minimum atomic E-state index is 0. The van der Waals surface area contributed by atoms with Crippen LogP contribution in [0.2, 0.25) is 10.0 Å². The first-order valence-corrected chi connectivity index (χ1v) is 9.70. The first kappa shape index (κ1) is 19.8. The van der Waals surface area contributed by atoms with Gasteiger partial charge < -0.3 is 21.9 Å². The Balaban J connectivity index is 0.00000205. The molecule has 0 fully saturated rings. The van der Waals surface area contributed by atoms with E-state index in [0.717, 1.165) is 44.8 Å². The number of hydrogen-bond donors (Lipinski definition) is 0. The molecule has 3 aromatic carbocycles. The van der Waals surface area contributed by atoms with Gasteiger partial charge in [-0.15, -0.1) is 0 Å². The lowest BCUT2D eigenvalue weighted by Crippen LogP contribution is -3.00. The molecule has 5 rings (SSSR count). The summed E-state index contributed by atoms with van der Waals surface area (Å²) in [6.07, 6.45) is 0. The van der Waals surface area contributed by atoms with E-state index < -0.39 is 0 Å². The lowest BCUT2D eigenvalue weighted by molar-refractivity contribution is -0.00000584. The second-order valence-corrected chi connectivity index (χ2v) is 7.40. The zero-order chi connectivity index (χ0) is 19.1. The predicted octanol–water partition coefficient (Wildman–Crippen LogP) is 3.65. The molecule has 0 saturated carbocycles. The molecule has 29 heavy (non-hydrogen) atoms. The second-order valence-electron chi connectivity index (χ2n) is 6.55. The van der Waals surface area contributed by atoms with Crippen molar-refractivity contribution in [1.29, 1.82) is 0 Å². The average molecular weight is 444 g/mol. The third-order valence-corrected chi connectivity index (χ3v) is 5.34. The Hall–Kier alpha value is -2.46. The number of hydrogen-bond acceptors (Lipinski definition) is 3. The molecule has 0 aliphatic carbocycles. The Labute approximate surface area is 184 Å². The number of pyridine rings is 1. The number of rotatable bonds is 2. The van der Waals surface area contributed by atoms with E-state index in [1.807, 2.05) is 66.7 Å². The van der Waals surface area contributed by atoms with Gasteiger partial charge in [-0.3, -0.25) is 0 Å². The summed E-state index contributed by atoms with van der Waals surface area (Å²) < 4.78 is 11.4. The molecule has 3 nitrogen and oxygen atoms in total. The van der Waals surface area contributed by atoms with E-state index in [2.05, 4.69) is 0 Å². The molecule has 0 unspecified atom stereocenters. The lowest BCUT2D eigenvalue weighted by Gasteiger charge is -2.19. The maximum absolute atomic E-state index is 6.50. The summed E-state index contributed by atoms with van der Waals surface area (Å²) in [4.78, 5) is 4.85. The van der Waals surface area contributed by atoms with Crippen molar-refractivity contribution >= 4 is 34.1 Å². The summed E-state index contributed by atoms with van der Waals surface area (Å²) in [5, 5.41) is 2.31. The van der Waals surface area contributed by atoms with Crippen LogP contribution >= 0.6 is 23.2 Å². The van der Waals surface area contributed by atoms with Crippen molar-refractivity contribution in [3.05, 3.63) is 76.8 Å². The van der Waals surface area contributed by atoms with Gasteiger partial charge in [-0.25, -0.2) is 4.98 Å². The van der Waals surface area contributed by atoms with Gasteiger partial charge in [-0.1, -0.05) is 41.4 Å². The maximum Gasteiger partial charge on any atom is 0.162 e. The van der Waals surface area contributed by atoms with Crippen LogP contribution in [0.25, 0.3) is 33.3 Å². The van der Waals surface area contributed by atoms with Crippen molar-refractivity contribution in [2.75, 3.05) is 13.2 Å². The first-order chi connectivity index (χ1) is 13.7. The predicted molar refractivity (Wildman–Crippen MR) is 114 cm³/mol. The summed E-state index contributed by atoms with van der Waals surface area (Å²) >= 11 is 12.8. The summed E-state index contributed by atoms with van der Waals surface area (Å²) in [7, 11) is 0. The van der Waals surface area contributed by atoms with Gasteiger partial charge in [0.05, 0.1) is 11.2 Å². The molecule has 2 heterocycles. The van der Waals surface area contributed by atoms with Crippen molar-refractivity contribution in [3.8, 4) is 33.9 Å². The highest BCUT2D eigenvalue weighted by Gasteiger charge is 2.16. The smallest absolute Gasteiger partial charge is 0.162 e. The van der Waals surface area contributed by atoms with Crippen molar-refractivity contribution in [3.63, 3.8) is 0 Å². The van der Waals surface area contributed by atoms with E-state index in [0.29, 0.717) is 23.3 Å². The topological polar surface area (TPSA) is 31.4 Å². The summed E-state index contributed by atoms with van der Waals surface area (Å²) in [6, 6.07) is 21.4. The largest absolute Gasteiger partial charge is 1.00 e. The highest BCUT2D eigenvalue weighted by molar-refractivity contribution is 6.34. The summed E-state index contributed by atoms with van der Waals surface area (Å²) in [6.45, 7) is 1.11. The van der Waals surface area contributed by atoms with Gasteiger partial charge in [0.15, 0.2) is 11.5 Å². The molecular formula is C23H15Cl3NO2-. The third kappa shape index (κ3) is 3.74. The normalized spacial score (nSPS) is 12.5. The van der Waals surface area contributed by atoms with E-state index >= 15 is 0 Å². The monoisotopic (exact) mass is 442 g/mol. The van der Waals surface area contributed by atoms with Crippen LogP contribution in [-0.4, -0.2) is 18.2 Å². The highest BCUT2D eigenvalue weighted by Crippen LogP contribution is 2.39. The van der Waals surface area contributed by atoms with Crippen LogP contribution < -0.4 is 21.9 Å². The standard InChI is InChI=1S/C23H15Cl2NO2.ClH/c24-15-6-7-20-18(12-15)17(16-3-1-2-4-19(16)25)13-21(26-20)14-5-8-22-23(11-14)28-10-9-27-22;/h1-8,11-13H,9-10H2;1H/p-1. The molecular weight excluding hydrogens is 429 g/mol. The Bertz CT molecular complexity index is 1210. The fourth-order valence-corrected chi connectivity index (χ4v) is 3.86. The van der Waals surface area contributed by atoms with Gasteiger partial charge >= 0.3 is 0 Å². The van der Waals surface area contributed by atoms with Crippen LogP contribution in [0, 0.1) is 0 Å². The summed E-state index contributed by atoms with van der Waals surface area (Å²) in [5.74, 6) is 1.50. The van der Waals surface area contributed by atoms with Crippen LogP contribution in [0.3, 0.4) is 0 Å². The molecule has 0 saturated heterocycles. The van der Waals surface area contributed by atoms with Crippen LogP contribution in [-0.2, 0) is 0 Å². The van der Waals surface area contributed by atoms with E-state index in [9.17, 15) is 0 Å². The Kier molecular flexibility index (Phi) is 5.55. The van der Waals surface area contributed by atoms with Gasteiger partial charge in [0.2, 0.25) is 0 Å². The van der Waals surface area contributed by atoms with E-state index in [1.165, 1.54) is 0 Å². The van der Waals surface area contributed by atoms with Gasteiger partial charge in [0, 0.05) is 26.6 Å². The van der Waals surface area contributed by atoms with Crippen LogP contribution in [0.5, 0.6) is 11.5 Å². The Morgan fingerprint density at radius 3 is 2.38 bits per heavy atom. The van der Waals surface area contributed by atoms with Crippen molar-refractivity contribution < 1.29 is 21.9 Å². The van der Waals surface area contributed by atoms with E-state index in [4.69, 9.17) is 37.7 Å². The minimum Gasteiger partial charge on any atom is -1.00 e. The lowest BCUT2D eigenvalue weighted by atomic mass is 9.98. The van der Waals surface area contributed by atoms with Crippen molar-refractivity contribution in [2.24, 2.45) is 0 Å². The quantitative estimate of drug-likeness (QED) is 0.474. The zero-order valence-electron chi connectivity index (χ0n) is 15.2. The molecule has 6 heteroatoms. The number of nitrogens with zero attached hydrogens (tertiary/aromatic N) is 1. The van der Waals surface area contributed by atoms with Crippen molar-refractivity contribution in [1.82, 2.24) is 4.98 Å². The summed E-state index contributed by atoms with van der Waals surface area (Å²) in [5.41, 5.74) is 4.57. The maximum atomic E-state index is 6.50. The van der Waals surface area contributed by atoms with Crippen molar-refractivity contribution in [2.45, 2.75) is 0 Å². The average Bonchev–Trinajstić information content (AvgIpc) is 2.73. The van der Waals surface area contributed by atoms with E-state index in [1.54, 1.807) is 0 Å². The van der Waals surface area contributed by atoms with E-state index in [-0.39, 0.29) is 12.4 Å². The number of benzene rings is 3. The molecule has 0 amide bonds. The molecule has 0 bridgehead atoms. The molecule has 146 valence electrons. The molecule has 1 aliphatic heterocycles. The third-order valence-electron chi connectivity index (χ3n) is 4.77. The molecule has 0 atom stereocenters. The Morgan fingerprint density at radius 2 is 1.55 bits per heavy atom. The Morgan fingerprint density at radius 1 is 0.759 bits per heavy atom. The van der Waals surface area contributed by atoms with Gasteiger partial charge in [0.25, 0.3) is 0 Å². The molecule has 0 radical (unpaired) electrons. The van der Waals surface area contributed by atoms with Gasteiger partial charge in [0.1, 0.15) is 13.2 Å².